The molecule has 9 nitrogen and oxygen atoms in total. The molecule has 9 heteroatoms. The van der Waals surface area contributed by atoms with E-state index in [1.54, 1.807) is 6.07 Å². The molecule has 2 rings (SSSR count). The summed E-state index contributed by atoms with van der Waals surface area (Å²) in [5.74, 6) is -1.07. The van der Waals surface area contributed by atoms with E-state index >= 15 is 0 Å². The van der Waals surface area contributed by atoms with Crippen LogP contribution in [0.2, 0.25) is 0 Å². The molecule has 0 spiro atoms. The Bertz CT molecular complexity index is 895. The fourth-order valence-corrected chi connectivity index (χ4v) is 2.19. The predicted octanol–water partition coefficient (Wildman–Crippen LogP) is 2.79. The fourth-order valence-electron chi connectivity index (χ4n) is 2.19. The standard InChI is InChI=1S/C18H18N4O5/c1-12-6-7-16(13(2)8-12)21-18(24)11-27-19-10-17(23)20-14-4-3-5-15(9-14)22(25)26/h3-10H,11H2,1-2H3,(H,20,23)(H,21,24)/b19-10-. The molecule has 2 aromatic rings. The number of nitrogens with zero attached hydrogens (tertiary/aromatic N) is 2. The molecule has 0 aromatic heterocycles. The summed E-state index contributed by atoms with van der Waals surface area (Å²) in [7, 11) is 0. The lowest BCUT2D eigenvalue weighted by atomic mass is 10.1. The number of nitro benzene ring substituents is 1. The van der Waals surface area contributed by atoms with Crippen LogP contribution in [0.5, 0.6) is 0 Å². The quantitative estimate of drug-likeness (QED) is 0.441. The van der Waals surface area contributed by atoms with Gasteiger partial charge in [-0.1, -0.05) is 28.9 Å². The van der Waals surface area contributed by atoms with Crippen molar-refractivity contribution in [3.63, 3.8) is 0 Å². The Kier molecular flexibility index (Phi) is 6.59. The SMILES string of the molecule is Cc1ccc(NC(=O)CO/N=C\C(=O)Nc2cccc([N+](=O)[O-])c2)c(C)c1. The molecule has 2 amide bonds. The molecule has 0 aliphatic heterocycles. The maximum atomic E-state index is 11.8. The third kappa shape index (κ3) is 6.24. The van der Waals surface area contributed by atoms with Crippen LogP contribution in [0.4, 0.5) is 17.1 Å². The highest BCUT2D eigenvalue weighted by Crippen LogP contribution is 2.17. The molecule has 0 radical (unpaired) electrons. The van der Waals surface area contributed by atoms with Crippen molar-refractivity contribution in [1.29, 1.82) is 0 Å². The molecule has 27 heavy (non-hydrogen) atoms. The molecule has 0 saturated heterocycles. The van der Waals surface area contributed by atoms with Gasteiger partial charge >= 0.3 is 0 Å². The van der Waals surface area contributed by atoms with E-state index in [0.29, 0.717) is 5.69 Å². The molecule has 2 aromatic carbocycles. The summed E-state index contributed by atoms with van der Waals surface area (Å²) in [6.07, 6.45) is 0.837. The Labute approximate surface area is 155 Å². The van der Waals surface area contributed by atoms with E-state index in [-0.39, 0.29) is 18.0 Å². The van der Waals surface area contributed by atoms with E-state index in [1.807, 2.05) is 26.0 Å². The van der Waals surface area contributed by atoms with Crippen molar-refractivity contribution < 1.29 is 19.3 Å². The maximum absolute atomic E-state index is 11.8. The Hall–Kier alpha value is -3.75. The Balaban J connectivity index is 1.79. The van der Waals surface area contributed by atoms with Crippen molar-refractivity contribution in [3.05, 3.63) is 63.7 Å². The van der Waals surface area contributed by atoms with E-state index in [2.05, 4.69) is 15.8 Å². The van der Waals surface area contributed by atoms with Crippen molar-refractivity contribution >= 4 is 35.1 Å². The summed E-state index contributed by atoms with van der Waals surface area (Å²) in [6, 6.07) is 11.1. The number of oxime groups is 1. The number of nitrogens with one attached hydrogen (secondary N) is 2. The molecule has 2 N–H and O–H groups in total. The minimum Gasteiger partial charge on any atom is -0.385 e. The lowest BCUT2D eigenvalue weighted by Crippen LogP contribution is -2.18. The monoisotopic (exact) mass is 370 g/mol. The van der Waals surface area contributed by atoms with Crippen LogP contribution in [0, 0.1) is 24.0 Å². The van der Waals surface area contributed by atoms with Gasteiger partial charge in [0.15, 0.2) is 6.61 Å². The van der Waals surface area contributed by atoms with Crippen molar-refractivity contribution in [3.8, 4) is 0 Å². The fraction of sp³-hybridized carbons (Fsp3) is 0.167. The summed E-state index contributed by atoms with van der Waals surface area (Å²) >= 11 is 0. The Morgan fingerprint density at radius 3 is 2.67 bits per heavy atom. The zero-order valence-corrected chi connectivity index (χ0v) is 14.8. The molecule has 0 unspecified atom stereocenters. The highest BCUT2D eigenvalue weighted by molar-refractivity contribution is 6.31. The van der Waals surface area contributed by atoms with Crippen molar-refractivity contribution in [2.75, 3.05) is 17.2 Å². The minimum atomic E-state index is -0.648. The molecule has 0 atom stereocenters. The van der Waals surface area contributed by atoms with Gasteiger partial charge in [0, 0.05) is 23.5 Å². The molecular weight excluding hydrogens is 352 g/mol. The second kappa shape index (κ2) is 9.09. The van der Waals surface area contributed by atoms with Gasteiger partial charge in [0.25, 0.3) is 17.5 Å². The summed E-state index contributed by atoms with van der Waals surface area (Å²) in [4.78, 5) is 38.4. The van der Waals surface area contributed by atoms with Crippen LogP contribution >= 0.6 is 0 Å². The summed E-state index contributed by atoms with van der Waals surface area (Å²) in [5, 5.41) is 19.2. The van der Waals surface area contributed by atoms with Gasteiger partial charge in [-0.2, -0.15) is 0 Å². The topological polar surface area (TPSA) is 123 Å². The summed E-state index contributed by atoms with van der Waals surface area (Å²) in [5.41, 5.74) is 2.77. The number of benzene rings is 2. The lowest BCUT2D eigenvalue weighted by molar-refractivity contribution is -0.384. The Morgan fingerprint density at radius 1 is 1.19 bits per heavy atom. The maximum Gasteiger partial charge on any atom is 0.271 e. The number of aryl methyl sites for hydroxylation is 2. The summed E-state index contributed by atoms with van der Waals surface area (Å²) < 4.78 is 0. The van der Waals surface area contributed by atoms with Gasteiger partial charge in [-0.3, -0.25) is 19.7 Å². The first-order chi connectivity index (χ1) is 12.8. The normalized spacial score (nSPS) is 10.4. The number of rotatable bonds is 7. The second-order valence-corrected chi connectivity index (χ2v) is 5.67. The van der Waals surface area contributed by atoms with E-state index in [0.717, 1.165) is 17.3 Å². The summed E-state index contributed by atoms with van der Waals surface area (Å²) in [6.45, 7) is 3.46. The van der Waals surface area contributed by atoms with Crippen LogP contribution < -0.4 is 10.6 Å². The number of hydrogen-bond donors (Lipinski definition) is 2. The van der Waals surface area contributed by atoms with Crippen LogP contribution in [-0.4, -0.2) is 29.6 Å². The first-order valence-electron chi connectivity index (χ1n) is 7.93. The molecule has 0 bridgehead atoms. The number of carbonyl (C=O) groups is 2. The van der Waals surface area contributed by atoms with Gasteiger partial charge in [0.2, 0.25) is 0 Å². The number of hydrogen-bond acceptors (Lipinski definition) is 6. The highest BCUT2D eigenvalue weighted by Gasteiger charge is 2.08. The zero-order valence-electron chi connectivity index (χ0n) is 14.8. The van der Waals surface area contributed by atoms with Crippen molar-refractivity contribution in [2.24, 2.45) is 5.16 Å². The van der Waals surface area contributed by atoms with E-state index < -0.39 is 16.7 Å². The average molecular weight is 370 g/mol. The van der Waals surface area contributed by atoms with Gasteiger partial charge in [-0.25, -0.2) is 0 Å². The van der Waals surface area contributed by atoms with Gasteiger partial charge in [-0.05, 0) is 31.5 Å². The lowest BCUT2D eigenvalue weighted by Gasteiger charge is -2.08. The third-order valence-electron chi connectivity index (χ3n) is 3.42. The number of non-ortho nitro benzene ring substituents is 1. The van der Waals surface area contributed by atoms with E-state index in [9.17, 15) is 19.7 Å². The number of carbonyl (C=O) groups excluding carboxylic acids is 2. The zero-order chi connectivity index (χ0) is 19.8. The molecule has 0 aliphatic rings. The molecule has 0 fully saturated rings. The first-order valence-corrected chi connectivity index (χ1v) is 7.93. The number of anilines is 2. The molecule has 0 aliphatic carbocycles. The van der Waals surface area contributed by atoms with Gasteiger partial charge in [-0.15, -0.1) is 0 Å². The van der Waals surface area contributed by atoms with E-state index in [1.165, 1.54) is 24.3 Å². The predicted molar refractivity (Wildman–Crippen MR) is 101 cm³/mol. The van der Waals surface area contributed by atoms with Gasteiger partial charge in [0.05, 0.1) is 4.92 Å². The first kappa shape index (κ1) is 19.6. The van der Waals surface area contributed by atoms with Crippen LogP contribution in [0.3, 0.4) is 0 Å². The molecule has 140 valence electrons. The van der Waals surface area contributed by atoms with Crippen LogP contribution in [0.25, 0.3) is 0 Å². The largest absolute Gasteiger partial charge is 0.385 e. The molecular formula is C18H18N4O5. The smallest absolute Gasteiger partial charge is 0.271 e. The van der Waals surface area contributed by atoms with Crippen LogP contribution in [-0.2, 0) is 14.4 Å². The second-order valence-electron chi connectivity index (χ2n) is 5.67. The van der Waals surface area contributed by atoms with Crippen molar-refractivity contribution in [1.82, 2.24) is 0 Å². The van der Waals surface area contributed by atoms with Gasteiger partial charge in [0.1, 0.15) is 6.21 Å². The average Bonchev–Trinajstić information content (AvgIpc) is 2.61. The number of amides is 2. The van der Waals surface area contributed by atoms with Crippen LogP contribution in [0.15, 0.2) is 47.6 Å². The number of nitro groups is 1. The Morgan fingerprint density at radius 2 is 1.96 bits per heavy atom. The molecule has 0 heterocycles. The van der Waals surface area contributed by atoms with Crippen LogP contribution in [0.1, 0.15) is 11.1 Å². The third-order valence-corrected chi connectivity index (χ3v) is 3.42. The van der Waals surface area contributed by atoms with E-state index in [4.69, 9.17) is 4.84 Å². The van der Waals surface area contributed by atoms with Gasteiger partial charge < -0.3 is 15.5 Å². The minimum absolute atomic E-state index is 0.149. The molecule has 0 saturated carbocycles. The highest BCUT2D eigenvalue weighted by atomic mass is 16.6. The van der Waals surface area contributed by atoms with Crippen molar-refractivity contribution in [2.45, 2.75) is 13.8 Å².